The highest BCUT2D eigenvalue weighted by Gasteiger charge is 2.41. The second-order valence-electron chi connectivity index (χ2n) is 3.04. The number of phenols is 2. The van der Waals surface area contributed by atoms with Gasteiger partial charge in [-0.15, -0.1) is 0 Å². The highest BCUT2D eigenvalue weighted by molar-refractivity contribution is 5.46. The number of phenolic OH excluding ortho intramolecular Hbond substituents is 2. The third-order valence-corrected chi connectivity index (χ3v) is 2.05. The van der Waals surface area contributed by atoms with E-state index in [0.717, 1.165) is 12.1 Å². The van der Waals surface area contributed by atoms with Crippen LogP contribution in [0.3, 0.4) is 0 Å². The topological polar surface area (TPSA) is 66.5 Å². The number of benzene rings is 1. The monoisotopic (exact) mass is 221 g/mol. The van der Waals surface area contributed by atoms with Crippen molar-refractivity contribution in [1.29, 1.82) is 0 Å². The zero-order valence-corrected chi connectivity index (χ0v) is 7.62. The third-order valence-electron chi connectivity index (χ3n) is 2.05. The van der Waals surface area contributed by atoms with Gasteiger partial charge < -0.3 is 15.9 Å². The van der Waals surface area contributed by atoms with Crippen molar-refractivity contribution < 1.29 is 23.4 Å². The van der Waals surface area contributed by atoms with Crippen LogP contribution in [0.1, 0.15) is 11.5 Å². The second kappa shape index (κ2) is 3.98. The van der Waals surface area contributed by atoms with E-state index in [1.165, 1.54) is 6.07 Å². The Morgan fingerprint density at radius 1 is 1.27 bits per heavy atom. The molecule has 0 fully saturated rings. The van der Waals surface area contributed by atoms with Crippen molar-refractivity contribution in [2.75, 3.05) is 6.54 Å². The van der Waals surface area contributed by atoms with Crippen LogP contribution >= 0.6 is 0 Å². The molecule has 0 aromatic heterocycles. The van der Waals surface area contributed by atoms with E-state index >= 15 is 0 Å². The maximum absolute atomic E-state index is 12.4. The molecule has 0 aliphatic rings. The summed E-state index contributed by atoms with van der Waals surface area (Å²) in [7, 11) is 0. The molecular formula is C9H10F3NO2. The average molecular weight is 221 g/mol. The van der Waals surface area contributed by atoms with Gasteiger partial charge in [-0.05, 0) is 6.07 Å². The van der Waals surface area contributed by atoms with Crippen LogP contribution < -0.4 is 5.73 Å². The summed E-state index contributed by atoms with van der Waals surface area (Å²) in [6.07, 6.45) is -4.54. The summed E-state index contributed by atoms with van der Waals surface area (Å²) >= 11 is 0. The highest BCUT2D eigenvalue weighted by Crippen LogP contribution is 2.41. The lowest BCUT2D eigenvalue weighted by atomic mass is 9.97. The minimum absolute atomic E-state index is 0.412. The Morgan fingerprint density at radius 2 is 1.87 bits per heavy atom. The fraction of sp³-hybridized carbons (Fsp3) is 0.333. The predicted octanol–water partition coefficient (Wildman–Crippen LogP) is 1.70. The molecule has 0 aliphatic carbocycles. The lowest BCUT2D eigenvalue weighted by Gasteiger charge is -2.19. The van der Waals surface area contributed by atoms with Gasteiger partial charge in [0.25, 0.3) is 0 Å². The first-order valence-electron chi connectivity index (χ1n) is 4.15. The van der Waals surface area contributed by atoms with Gasteiger partial charge in [-0.25, -0.2) is 0 Å². The van der Waals surface area contributed by atoms with E-state index in [2.05, 4.69) is 0 Å². The second-order valence-corrected chi connectivity index (χ2v) is 3.04. The molecule has 0 spiro atoms. The molecule has 1 aromatic rings. The molecule has 15 heavy (non-hydrogen) atoms. The van der Waals surface area contributed by atoms with Gasteiger partial charge in [-0.3, -0.25) is 0 Å². The van der Waals surface area contributed by atoms with Gasteiger partial charge in [0.05, 0.1) is 5.92 Å². The molecule has 0 heterocycles. The number of para-hydroxylation sites is 1. The zero-order valence-electron chi connectivity index (χ0n) is 7.62. The van der Waals surface area contributed by atoms with E-state index in [1.807, 2.05) is 0 Å². The van der Waals surface area contributed by atoms with Gasteiger partial charge in [-0.2, -0.15) is 13.2 Å². The Hall–Kier alpha value is -1.43. The highest BCUT2D eigenvalue weighted by atomic mass is 19.4. The molecule has 0 saturated carbocycles. The molecule has 0 saturated heterocycles. The van der Waals surface area contributed by atoms with E-state index in [0.29, 0.717) is 0 Å². The van der Waals surface area contributed by atoms with Crippen LogP contribution in [0.5, 0.6) is 11.5 Å². The lowest BCUT2D eigenvalue weighted by Crippen LogP contribution is -2.28. The summed E-state index contributed by atoms with van der Waals surface area (Å²) < 4.78 is 37.3. The predicted molar refractivity (Wildman–Crippen MR) is 47.6 cm³/mol. The summed E-state index contributed by atoms with van der Waals surface area (Å²) in [4.78, 5) is 0. The number of aromatic hydroxyl groups is 2. The summed E-state index contributed by atoms with van der Waals surface area (Å²) in [6, 6.07) is 3.40. The molecule has 1 aromatic carbocycles. The molecule has 0 amide bonds. The number of hydrogen-bond donors (Lipinski definition) is 3. The Labute approximate surface area is 84.0 Å². The quantitative estimate of drug-likeness (QED) is 0.666. The van der Waals surface area contributed by atoms with Crippen LogP contribution in [0.25, 0.3) is 0 Å². The van der Waals surface area contributed by atoms with Crippen molar-refractivity contribution in [2.24, 2.45) is 5.73 Å². The number of rotatable bonds is 2. The van der Waals surface area contributed by atoms with Crippen LogP contribution in [-0.4, -0.2) is 22.9 Å². The number of hydrogen-bond acceptors (Lipinski definition) is 3. The van der Waals surface area contributed by atoms with Gasteiger partial charge in [0.1, 0.15) is 0 Å². The normalized spacial score (nSPS) is 13.9. The van der Waals surface area contributed by atoms with Crippen LogP contribution in [0.15, 0.2) is 18.2 Å². The number of halogens is 3. The molecule has 3 nitrogen and oxygen atoms in total. The minimum atomic E-state index is -4.54. The van der Waals surface area contributed by atoms with Crippen molar-refractivity contribution in [3.8, 4) is 11.5 Å². The van der Waals surface area contributed by atoms with Crippen molar-refractivity contribution in [3.05, 3.63) is 23.8 Å². The summed E-state index contributed by atoms with van der Waals surface area (Å²) in [6.45, 7) is -0.680. The van der Waals surface area contributed by atoms with Crippen molar-refractivity contribution in [1.82, 2.24) is 0 Å². The van der Waals surface area contributed by atoms with Crippen molar-refractivity contribution in [3.63, 3.8) is 0 Å². The van der Waals surface area contributed by atoms with Gasteiger partial charge in [0, 0.05) is 12.1 Å². The molecule has 0 radical (unpaired) electrons. The van der Waals surface area contributed by atoms with Crippen LogP contribution in [0.2, 0.25) is 0 Å². The third kappa shape index (κ3) is 2.33. The average Bonchev–Trinajstić information content (AvgIpc) is 2.11. The van der Waals surface area contributed by atoms with Crippen LogP contribution in [0.4, 0.5) is 13.2 Å². The van der Waals surface area contributed by atoms with E-state index in [9.17, 15) is 18.3 Å². The minimum Gasteiger partial charge on any atom is -0.504 e. The standard InChI is InChI=1S/C9H10F3NO2/c10-9(11,12)6(4-13)5-2-1-3-7(14)8(5)15/h1-3,6,14-15H,4,13H2. The molecule has 4 N–H and O–H groups in total. The van der Waals surface area contributed by atoms with Crippen LogP contribution in [-0.2, 0) is 0 Å². The molecule has 6 heteroatoms. The first-order valence-corrected chi connectivity index (χ1v) is 4.15. The van der Waals surface area contributed by atoms with Crippen LogP contribution in [0, 0.1) is 0 Å². The smallest absolute Gasteiger partial charge is 0.397 e. The van der Waals surface area contributed by atoms with E-state index < -0.39 is 35.7 Å². The molecule has 1 rings (SSSR count). The SMILES string of the molecule is NCC(c1cccc(O)c1O)C(F)(F)F. The maximum Gasteiger partial charge on any atom is 0.397 e. The molecule has 1 atom stereocenters. The molecule has 0 aliphatic heterocycles. The maximum atomic E-state index is 12.4. The van der Waals surface area contributed by atoms with Gasteiger partial charge in [-0.1, -0.05) is 12.1 Å². The summed E-state index contributed by atoms with van der Waals surface area (Å²) in [5.41, 5.74) is 4.59. The Balaban J connectivity index is 3.19. The summed E-state index contributed by atoms with van der Waals surface area (Å²) in [5.74, 6) is -3.33. The van der Waals surface area contributed by atoms with Crippen molar-refractivity contribution in [2.45, 2.75) is 12.1 Å². The van der Waals surface area contributed by atoms with E-state index in [1.54, 1.807) is 0 Å². The lowest BCUT2D eigenvalue weighted by molar-refractivity contribution is -0.148. The first kappa shape index (κ1) is 11.6. The zero-order chi connectivity index (χ0) is 11.6. The fourth-order valence-corrected chi connectivity index (χ4v) is 1.27. The molecule has 0 bridgehead atoms. The first-order chi connectivity index (χ1) is 6.88. The molecular weight excluding hydrogens is 211 g/mol. The number of alkyl halides is 3. The largest absolute Gasteiger partial charge is 0.504 e. The van der Waals surface area contributed by atoms with Gasteiger partial charge >= 0.3 is 6.18 Å². The van der Waals surface area contributed by atoms with E-state index in [4.69, 9.17) is 10.8 Å². The molecule has 84 valence electrons. The Morgan fingerprint density at radius 3 is 2.33 bits per heavy atom. The Bertz CT molecular complexity index is 352. The number of nitrogens with two attached hydrogens (primary N) is 1. The van der Waals surface area contributed by atoms with Gasteiger partial charge in [0.2, 0.25) is 0 Å². The van der Waals surface area contributed by atoms with Gasteiger partial charge in [0.15, 0.2) is 11.5 Å². The molecule has 1 unspecified atom stereocenters. The summed E-state index contributed by atoms with van der Waals surface area (Å²) in [5, 5.41) is 18.3. The Kier molecular flexibility index (Phi) is 3.09. The fourth-order valence-electron chi connectivity index (χ4n) is 1.27. The van der Waals surface area contributed by atoms with E-state index in [-0.39, 0.29) is 0 Å². The van der Waals surface area contributed by atoms with Crippen molar-refractivity contribution >= 4 is 0 Å².